The Morgan fingerprint density at radius 1 is 1.35 bits per heavy atom. The minimum Gasteiger partial charge on any atom is -0.333 e. The van der Waals surface area contributed by atoms with Crippen molar-refractivity contribution in [1.29, 1.82) is 0 Å². The molecule has 0 N–H and O–H groups in total. The minimum atomic E-state index is -0.0277. The van der Waals surface area contributed by atoms with Crippen LogP contribution in [0.3, 0.4) is 0 Å². The summed E-state index contributed by atoms with van der Waals surface area (Å²) in [6.45, 7) is 2.92. The highest BCUT2D eigenvalue weighted by Crippen LogP contribution is 2.12. The van der Waals surface area contributed by atoms with Crippen LogP contribution in [-0.4, -0.2) is 33.0 Å². The number of benzene rings is 1. The second-order valence-corrected chi connectivity index (χ2v) is 5.08. The molecule has 0 fully saturated rings. The summed E-state index contributed by atoms with van der Waals surface area (Å²) >= 11 is 5.82. The lowest BCUT2D eigenvalue weighted by atomic mass is 10.2. The number of halogens is 1. The van der Waals surface area contributed by atoms with Gasteiger partial charge in [0.1, 0.15) is 0 Å². The number of aromatic nitrogens is 2. The summed E-state index contributed by atoms with van der Waals surface area (Å²) in [5.74, 6) is 0.387. The molecule has 20 heavy (non-hydrogen) atoms. The van der Waals surface area contributed by atoms with Crippen LogP contribution in [-0.2, 0) is 13.6 Å². The largest absolute Gasteiger partial charge is 0.333 e. The fourth-order valence-electron chi connectivity index (χ4n) is 2.14. The van der Waals surface area contributed by atoms with E-state index in [1.54, 1.807) is 15.8 Å². The third kappa shape index (κ3) is 3.39. The van der Waals surface area contributed by atoms with Crippen molar-refractivity contribution in [3.63, 3.8) is 0 Å². The SMILES string of the molecule is Cc1nn(C)cc1C(=O)N(CCCl)Cc1ccccc1. The summed E-state index contributed by atoms with van der Waals surface area (Å²) in [4.78, 5) is 14.3. The van der Waals surface area contributed by atoms with Crippen molar-refractivity contribution in [3.8, 4) is 0 Å². The lowest BCUT2D eigenvalue weighted by molar-refractivity contribution is 0.0753. The molecule has 4 nitrogen and oxygen atoms in total. The first-order valence-electron chi connectivity index (χ1n) is 6.51. The highest BCUT2D eigenvalue weighted by molar-refractivity contribution is 6.18. The Kier molecular flexibility index (Phi) is 4.79. The van der Waals surface area contributed by atoms with E-state index in [1.807, 2.05) is 44.3 Å². The smallest absolute Gasteiger partial charge is 0.257 e. The molecule has 1 heterocycles. The first-order chi connectivity index (χ1) is 9.61. The highest BCUT2D eigenvalue weighted by atomic mass is 35.5. The molecule has 0 aliphatic heterocycles. The molecule has 0 aliphatic carbocycles. The van der Waals surface area contributed by atoms with Gasteiger partial charge in [-0.2, -0.15) is 5.10 Å². The summed E-state index contributed by atoms with van der Waals surface area (Å²) < 4.78 is 1.66. The predicted molar refractivity (Wildman–Crippen MR) is 79.8 cm³/mol. The number of amides is 1. The van der Waals surface area contributed by atoms with Gasteiger partial charge in [-0.3, -0.25) is 9.48 Å². The van der Waals surface area contributed by atoms with Crippen molar-refractivity contribution in [2.45, 2.75) is 13.5 Å². The van der Waals surface area contributed by atoms with Crippen molar-refractivity contribution in [2.24, 2.45) is 7.05 Å². The van der Waals surface area contributed by atoms with Crippen LogP contribution in [0.2, 0.25) is 0 Å². The second kappa shape index (κ2) is 6.57. The van der Waals surface area contributed by atoms with Crippen LogP contribution >= 0.6 is 11.6 Å². The van der Waals surface area contributed by atoms with Crippen molar-refractivity contribution >= 4 is 17.5 Å². The molecule has 0 aliphatic rings. The number of hydrogen-bond donors (Lipinski definition) is 0. The molecular formula is C15H18ClN3O. The number of nitrogens with zero attached hydrogens (tertiary/aromatic N) is 3. The van der Waals surface area contributed by atoms with Gasteiger partial charge in [-0.05, 0) is 12.5 Å². The molecule has 106 valence electrons. The van der Waals surface area contributed by atoms with Crippen molar-refractivity contribution in [3.05, 3.63) is 53.3 Å². The van der Waals surface area contributed by atoms with Crippen LogP contribution in [0.25, 0.3) is 0 Å². The van der Waals surface area contributed by atoms with Crippen molar-refractivity contribution in [2.75, 3.05) is 12.4 Å². The quantitative estimate of drug-likeness (QED) is 0.794. The molecule has 0 spiro atoms. The Bertz CT molecular complexity index is 580. The predicted octanol–water partition coefficient (Wildman–Crippen LogP) is 2.61. The number of alkyl halides is 1. The highest BCUT2D eigenvalue weighted by Gasteiger charge is 2.19. The van der Waals surface area contributed by atoms with Gasteiger partial charge in [-0.1, -0.05) is 30.3 Å². The molecule has 0 unspecified atom stereocenters. The van der Waals surface area contributed by atoms with Gasteiger partial charge in [0.15, 0.2) is 0 Å². The lowest BCUT2D eigenvalue weighted by Crippen LogP contribution is -2.32. The fraction of sp³-hybridized carbons (Fsp3) is 0.333. The van der Waals surface area contributed by atoms with E-state index in [4.69, 9.17) is 11.6 Å². The molecule has 5 heteroatoms. The van der Waals surface area contributed by atoms with E-state index in [-0.39, 0.29) is 5.91 Å². The monoisotopic (exact) mass is 291 g/mol. The van der Waals surface area contributed by atoms with Crippen LogP contribution in [0.5, 0.6) is 0 Å². The first-order valence-corrected chi connectivity index (χ1v) is 7.04. The zero-order chi connectivity index (χ0) is 14.5. The Morgan fingerprint density at radius 3 is 2.60 bits per heavy atom. The van der Waals surface area contributed by atoms with Crippen LogP contribution in [0, 0.1) is 6.92 Å². The van der Waals surface area contributed by atoms with Crippen LogP contribution in [0.4, 0.5) is 0 Å². The summed E-state index contributed by atoms with van der Waals surface area (Å²) in [5.41, 5.74) is 2.46. The second-order valence-electron chi connectivity index (χ2n) is 4.70. The maximum absolute atomic E-state index is 12.6. The molecule has 2 rings (SSSR count). The van der Waals surface area contributed by atoms with Gasteiger partial charge >= 0.3 is 0 Å². The summed E-state index contributed by atoms with van der Waals surface area (Å²) in [5, 5.41) is 4.22. The van der Waals surface area contributed by atoms with Gasteiger partial charge < -0.3 is 4.90 Å². The molecular weight excluding hydrogens is 274 g/mol. The van der Waals surface area contributed by atoms with Gasteiger partial charge in [0.2, 0.25) is 0 Å². The zero-order valence-corrected chi connectivity index (χ0v) is 12.5. The van der Waals surface area contributed by atoms with Gasteiger partial charge in [0, 0.05) is 32.2 Å². The number of rotatable bonds is 5. The van der Waals surface area contributed by atoms with Crippen LogP contribution in [0.1, 0.15) is 21.6 Å². The normalized spacial score (nSPS) is 10.6. The number of aryl methyl sites for hydroxylation is 2. The molecule has 0 radical (unpaired) electrons. The van der Waals surface area contributed by atoms with Gasteiger partial charge in [0.05, 0.1) is 11.3 Å². The average molecular weight is 292 g/mol. The maximum Gasteiger partial charge on any atom is 0.257 e. The Balaban J connectivity index is 2.20. The van der Waals surface area contributed by atoms with Crippen molar-refractivity contribution in [1.82, 2.24) is 14.7 Å². The fourth-order valence-corrected chi connectivity index (χ4v) is 2.34. The maximum atomic E-state index is 12.6. The van der Waals surface area contributed by atoms with E-state index in [9.17, 15) is 4.79 Å². The van der Waals surface area contributed by atoms with E-state index < -0.39 is 0 Å². The Labute approximate surface area is 124 Å². The summed E-state index contributed by atoms with van der Waals surface area (Å²) in [6, 6.07) is 9.90. The zero-order valence-electron chi connectivity index (χ0n) is 11.7. The van der Waals surface area contributed by atoms with E-state index >= 15 is 0 Å². The van der Waals surface area contributed by atoms with Crippen molar-refractivity contribution < 1.29 is 4.79 Å². The van der Waals surface area contributed by atoms with E-state index in [1.165, 1.54) is 0 Å². The number of carbonyl (C=O) groups excluding carboxylic acids is 1. The lowest BCUT2D eigenvalue weighted by Gasteiger charge is -2.21. The summed E-state index contributed by atoms with van der Waals surface area (Å²) in [6.07, 6.45) is 1.75. The first kappa shape index (κ1) is 14.6. The van der Waals surface area contributed by atoms with Gasteiger partial charge in [-0.25, -0.2) is 0 Å². The van der Waals surface area contributed by atoms with Gasteiger partial charge in [-0.15, -0.1) is 11.6 Å². The molecule has 2 aromatic rings. The molecule has 1 aromatic heterocycles. The number of hydrogen-bond acceptors (Lipinski definition) is 2. The molecule has 0 atom stereocenters. The number of carbonyl (C=O) groups is 1. The average Bonchev–Trinajstić information content (AvgIpc) is 2.77. The van der Waals surface area contributed by atoms with E-state index in [0.29, 0.717) is 24.5 Å². The third-order valence-corrected chi connectivity index (χ3v) is 3.27. The molecule has 1 amide bonds. The molecule has 1 aromatic carbocycles. The molecule has 0 bridgehead atoms. The molecule has 0 saturated carbocycles. The third-order valence-electron chi connectivity index (χ3n) is 3.10. The van der Waals surface area contributed by atoms with Crippen LogP contribution in [0.15, 0.2) is 36.5 Å². The van der Waals surface area contributed by atoms with Gasteiger partial charge in [0.25, 0.3) is 5.91 Å². The summed E-state index contributed by atoms with van der Waals surface area (Å²) in [7, 11) is 1.81. The Hall–Kier alpha value is -1.81. The molecule has 0 saturated heterocycles. The minimum absolute atomic E-state index is 0.0277. The topological polar surface area (TPSA) is 38.1 Å². The van der Waals surface area contributed by atoms with Crippen LogP contribution < -0.4 is 0 Å². The van der Waals surface area contributed by atoms with E-state index in [0.717, 1.165) is 11.3 Å². The standard InChI is InChI=1S/C15H18ClN3O/c1-12-14(11-18(2)17-12)15(20)19(9-8-16)10-13-6-4-3-5-7-13/h3-7,11H,8-10H2,1-2H3. The Morgan fingerprint density at radius 2 is 2.05 bits per heavy atom. The van der Waals surface area contributed by atoms with E-state index in [2.05, 4.69) is 5.10 Å².